The highest BCUT2D eigenvalue weighted by Crippen LogP contribution is 2.46. The molecule has 0 radical (unpaired) electrons. The summed E-state index contributed by atoms with van der Waals surface area (Å²) in [6, 6.07) is 52.2. The average Bonchev–Trinajstić information content (AvgIpc) is 3.76. The first-order valence-corrected chi connectivity index (χ1v) is 30.9. The molecule has 14 rings (SSSR count). The van der Waals surface area contributed by atoms with Crippen LogP contribution in [0.2, 0.25) is 0 Å². The largest absolute Gasteiger partial charge is 0.302 e. The zero-order chi connectivity index (χ0) is 57.3. The van der Waals surface area contributed by atoms with E-state index in [1.54, 1.807) is 41.1 Å². The average molecular weight is 1210 g/mol. The van der Waals surface area contributed by atoms with Crippen molar-refractivity contribution in [3.63, 3.8) is 0 Å². The third-order valence-corrected chi connectivity index (χ3v) is 19.3. The molecule has 7 aromatic carbocycles. The minimum absolute atomic E-state index is 0.0361. The predicted octanol–water partition coefficient (Wildman–Crippen LogP) is 15.4. The van der Waals surface area contributed by atoms with Gasteiger partial charge in [0.2, 0.25) is 5.43 Å². The molecular formula is C64H43N11O3S6. The Morgan fingerprint density at radius 3 is 1.50 bits per heavy atom. The summed E-state index contributed by atoms with van der Waals surface area (Å²) in [5.74, 6) is 0.311. The molecule has 0 bridgehead atoms. The van der Waals surface area contributed by atoms with E-state index in [-0.39, 0.29) is 22.1 Å². The number of hydrogen-bond donors (Lipinski definition) is 0. The first-order chi connectivity index (χ1) is 40.9. The van der Waals surface area contributed by atoms with Gasteiger partial charge in [0.25, 0.3) is 11.3 Å². The van der Waals surface area contributed by atoms with Gasteiger partial charge in [-0.25, -0.2) is 20.0 Å². The van der Waals surface area contributed by atoms with Crippen molar-refractivity contribution in [2.75, 3.05) is 16.3 Å². The first kappa shape index (κ1) is 53.1. The maximum atomic E-state index is 13.8. The van der Waals surface area contributed by atoms with Gasteiger partial charge in [0.05, 0.1) is 23.5 Å². The second-order valence-corrected chi connectivity index (χ2v) is 25.0. The molecule has 1 fully saturated rings. The van der Waals surface area contributed by atoms with Gasteiger partial charge in [-0.3, -0.25) is 19.3 Å². The van der Waals surface area contributed by atoms with Crippen molar-refractivity contribution in [2.45, 2.75) is 34.1 Å². The summed E-state index contributed by atoms with van der Waals surface area (Å²) in [4.78, 5) is 67.3. The number of nitrogens with zero attached hydrogens (tertiary/aromatic N) is 11. The Labute approximate surface area is 505 Å². The number of amides is 1. The molecular weight excluding hydrogens is 1160 g/mol. The smallest absolute Gasteiger partial charge is 0.285 e. The quantitative estimate of drug-likeness (QED) is 0.0792. The molecule has 20 heteroatoms. The second kappa shape index (κ2) is 21.7. The van der Waals surface area contributed by atoms with Crippen LogP contribution in [0.4, 0.5) is 44.4 Å². The summed E-state index contributed by atoms with van der Waals surface area (Å²) >= 11 is 11.9. The molecule has 0 unspecified atom stereocenters. The fraction of sp³-hybridized carbons (Fsp3) is 0.0938. The molecule has 1 aliphatic rings. The van der Waals surface area contributed by atoms with Gasteiger partial charge in [-0.15, -0.1) is 22.7 Å². The van der Waals surface area contributed by atoms with Crippen LogP contribution >= 0.6 is 70.1 Å². The summed E-state index contributed by atoms with van der Waals surface area (Å²) in [6.07, 6.45) is 4.11. The Morgan fingerprint density at radius 1 is 0.512 bits per heavy atom. The van der Waals surface area contributed by atoms with E-state index in [4.69, 9.17) is 31.6 Å². The Bertz CT molecular complexity index is 4940. The fourth-order valence-corrected chi connectivity index (χ4v) is 14.8. The van der Waals surface area contributed by atoms with Gasteiger partial charge in [-0.05, 0) is 153 Å². The Morgan fingerprint density at radius 2 is 0.988 bits per heavy atom. The molecule has 7 heterocycles. The van der Waals surface area contributed by atoms with E-state index in [2.05, 4.69) is 182 Å². The molecule has 0 atom stereocenters. The third-order valence-electron chi connectivity index (χ3n) is 14.7. The lowest BCUT2D eigenvalue weighted by molar-refractivity contribution is -0.119. The Kier molecular flexibility index (Phi) is 13.7. The van der Waals surface area contributed by atoms with Gasteiger partial charge < -0.3 is 9.80 Å². The summed E-state index contributed by atoms with van der Waals surface area (Å²) in [5.41, 5.74) is 12.3. The number of aryl methyl sites for hydroxylation is 3. The Balaban J connectivity index is 0.745. The molecule has 1 amide bonds. The summed E-state index contributed by atoms with van der Waals surface area (Å²) in [6.45, 7) is 8.58. The van der Waals surface area contributed by atoms with Crippen LogP contribution < -0.4 is 26.0 Å². The van der Waals surface area contributed by atoms with Crippen molar-refractivity contribution in [2.24, 2.45) is 9.98 Å². The number of hydrogen-bond acceptors (Lipinski definition) is 19. The maximum Gasteiger partial charge on any atom is 0.285 e. The number of thiocarbonyl (C=S) groups is 1. The number of thiophene rings is 2. The molecule has 1 aliphatic heterocycles. The standard InChI is InChI=1S/C64H43N11O3S6/c1-5-73-63(78)62(82-64(73)79)68-61-57-54(70-84-72-57)48(33-66-61)50-25-27-52(81-50)75(43-20-10-36(4)11-21-43)44-22-13-37(14-23-44)28-38-12-15-39-30-46-45(31-40(39)29-38)55(59(77)58(46)76)67-60-56-53(69-83-71-56)47(32-65-60)49-24-26-51(80-49)74(41-16-6-34(2)7-17-41)42-18-8-35(3)9-19-42/h6-27,29-33H,5,28H2,1-4H3/b67-55-,68-62+. The number of fused-ring (bicyclic) bond motifs is 4. The van der Waals surface area contributed by atoms with E-state index < -0.39 is 10.9 Å². The molecule has 13 aromatic rings. The van der Waals surface area contributed by atoms with Crippen LogP contribution in [-0.4, -0.2) is 54.2 Å². The molecule has 14 nitrogen and oxygen atoms in total. The monoisotopic (exact) mass is 1210 g/mol. The lowest BCUT2D eigenvalue weighted by Gasteiger charge is -2.24. The molecule has 6 aromatic heterocycles. The highest BCUT2D eigenvalue weighted by molar-refractivity contribution is 8.35. The highest BCUT2D eigenvalue weighted by atomic mass is 32.2. The van der Waals surface area contributed by atoms with E-state index in [0.29, 0.717) is 55.9 Å². The molecule has 0 N–H and O–H groups in total. The second-order valence-electron chi connectivity index (χ2n) is 20.2. The number of pyridine rings is 2. The number of carbonyl (C=O) groups is 1. The number of carbonyl (C=O) groups excluding carboxylic acids is 1. The van der Waals surface area contributed by atoms with Gasteiger partial charge >= 0.3 is 0 Å². The third kappa shape index (κ3) is 9.69. The molecule has 408 valence electrons. The summed E-state index contributed by atoms with van der Waals surface area (Å²) in [5, 5.41) is 4.80. The van der Waals surface area contributed by atoms with E-state index in [0.717, 1.165) is 116 Å². The zero-order valence-corrected chi connectivity index (χ0v) is 50.0. The van der Waals surface area contributed by atoms with Gasteiger partial charge in [0, 0.05) is 73.3 Å². The van der Waals surface area contributed by atoms with Crippen molar-refractivity contribution >= 4 is 173 Å². The topological polar surface area (TPSA) is 163 Å². The van der Waals surface area contributed by atoms with Crippen LogP contribution in [0.5, 0.6) is 0 Å². The lowest BCUT2D eigenvalue weighted by atomic mass is 9.99. The molecule has 0 saturated carbocycles. The number of anilines is 6. The zero-order valence-electron chi connectivity index (χ0n) is 45.1. The fourth-order valence-electron chi connectivity index (χ4n) is 10.3. The minimum atomic E-state index is -0.685. The van der Waals surface area contributed by atoms with E-state index in [1.807, 2.05) is 19.1 Å². The van der Waals surface area contributed by atoms with Gasteiger partial charge in [-0.2, -0.15) is 17.5 Å². The molecule has 1 saturated heterocycles. The molecule has 0 aliphatic carbocycles. The highest BCUT2D eigenvalue weighted by Gasteiger charge is 2.33. The molecule has 84 heavy (non-hydrogen) atoms. The number of aromatic nitrogens is 6. The first-order valence-electron chi connectivity index (χ1n) is 26.6. The van der Waals surface area contributed by atoms with Crippen LogP contribution in [-0.2, 0) is 11.2 Å². The minimum Gasteiger partial charge on any atom is -0.302 e. The van der Waals surface area contributed by atoms with Crippen LogP contribution in [0.3, 0.4) is 0 Å². The number of aliphatic imine (C=N–C) groups is 1. The van der Waals surface area contributed by atoms with E-state index >= 15 is 0 Å². The van der Waals surface area contributed by atoms with E-state index in [9.17, 15) is 14.4 Å². The van der Waals surface area contributed by atoms with E-state index in [1.165, 1.54) is 16.0 Å². The van der Waals surface area contributed by atoms with Crippen molar-refractivity contribution in [3.8, 4) is 20.9 Å². The maximum absolute atomic E-state index is 13.8. The van der Waals surface area contributed by atoms with Crippen molar-refractivity contribution in [1.82, 2.24) is 32.4 Å². The number of benzene rings is 6. The van der Waals surface area contributed by atoms with Gasteiger partial charge in [0.15, 0.2) is 16.7 Å². The normalized spacial score (nSPS) is 13.5. The summed E-state index contributed by atoms with van der Waals surface area (Å²) < 4.78 is 19.0. The number of thioether (sulfide) groups is 1. The van der Waals surface area contributed by atoms with Gasteiger partial charge in [0.1, 0.15) is 41.7 Å². The van der Waals surface area contributed by atoms with Gasteiger partial charge in [-0.1, -0.05) is 95.6 Å². The van der Waals surface area contributed by atoms with Crippen LogP contribution in [0.15, 0.2) is 184 Å². The van der Waals surface area contributed by atoms with Crippen LogP contribution in [0, 0.1) is 20.8 Å². The SMILES string of the molecule is CCN1C(=O)/C(=N\c2ncc(-c3ccc(N(c4ccc(C)cc4)c4ccc(Cc5ccc6cc7c(=O)c(=O)/c(=N\c8ncc(-c9ccc(N(c%10ccc(C)cc%10)c%10ccc(C)cc%10)s9)c9nsnc89)c7cc6c5)cc4)s3)c3nsnc23)SC1=S. The van der Waals surface area contributed by atoms with Crippen molar-refractivity contribution in [3.05, 3.63) is 218 Å². The summed E-state index contributed by atoms with van der Waals surface area (Å²) in [7, 11) is 0. The Hall–Kier alpha value is -8.89. The lowest BCUT2D eigenvalue weighted by Crippen LogP contribution is -2.30. The van der Waals surface area contributed by atoms with Crippen molar-refractivity contribution < 1.29 is 4.79 Å². The predicted molar refractivity (Wildman–Crippen MR) is 350 cm³/mol. The van der Waals surface area contributed by atoms with Crippen LogP contribution in [0.1, 0.15) is 34.7 Å². The van der Waals surface area contributed by atoms with Crippen LogP contribution in [0.25, 0.3) is 64.5 Å². The van der Waals surface area contributed by atoms with Crippen molar-refractivity contribution in [1.29, 1.82) is 0 Å². The number of rotatable bonds is 13. The molecule has 0 spiro atoms.